The Morgan fingerprint density at radius 3 is 2.67 bits per heavy atom. The maximum Gasteiger partial charge on any atom is 0.321 e. The first-order valence-corrected chi connectivity index (χ1v) is 3.92. The Bertz CT molecular complexity index is 194. The molecule has 5 heteroatoms. The number of hydrogen-bond donors (Lipinski definition) is 2. The fourth-order valence-electron chi connectivity index (χ4n) is 0.462. The molecule has 0 aromatic rings. The Morgan fingerprint density at radius 2 is 2.25 bits per heavy atom. The predicted octanol–water partition coefficient (Wildman–Crippen LogP) is 0.625. The second kappa shape index (κ2) is 5.60. The van der Waals surface area contributed by atoms with Crippen LogP contribution in [0.5, 0.6) is 0 Å². The van der Waals surface area contributed by atoms with Gasteiger partial charge in [-0.15, -0.1) is 18.2 Å². The quantitative estimate of drug-likeness (QED) is 0.507. The van der Waals surface area contributed by atoms with E-state index in [9.17, 15) is 9.59 Å². The van der Waals surface area contributed by atoms with Crippen molar-refractivity contribution in [2.75, 3.05) is 5.88 Å². The van der Waals surface area contributed by atoms with Crippen LogP contribution in [0.3, 0.4) is 0 Å². The summed E-state index contributed by atoms with van der Waals surface area (Å²) in [4.78, 5) is 21.4. The molecule has 68 valence electrons. The predicted molar refractivity (Wildman–Crippen MR) is 47.1 cm³/mol. The van der Waals surface area contributed by atoms with Gasteiger partial charge < -0.3 is 5.32 Å². The van der Waals surface area contributed by atoms with E-state index in [1.54, 1.807) is 13.0 Å². The molecule has 0 aliphatic carbocycles. The van der Waals surface area contributed by atoms with Gasteiger partial charge in [0.15, 0.2) is 0 Å². The summed E-state index contributed by atoms with van der Waals surface area (Å²) in [7, 11) is 0. The number of alkyl halides is 1. The van der Waals surface area contributed by atoms with Crippen molar-refractivity contribution in [1.29, 1.82) is 0 Å². The number of amides is 3. The largest absolute Gasteiger partial charge is 0.332 e. The number of nitrogens with one attached hydrogen (secondary N) is 2. The van der Waals surface area contributed by atoms with E-state index in [2.05, 4.69) is 11.9 Å². The number of rotatable bonds is 3. The molecule has 0 spiro atoms. The first kappa shape index (κ1) is 11.0. The zero-order chi connectivity index (χ0) is 9.56. The highest BCUT2D eigenvalue weighted by atomic mass is 35.5. The van der Waals surface area contributed by atoms with Crippen molar-refractivity contribution in [3.05, 3.63) is 12.7 Å². The average molecular weight is 191 g/mol. The molecule has 0 fully saturated rings. The van der Waals surface area contributed by atoms with Crippen LogP contribution in [0, 0.1) is 0 Å². The Balaban J connectivity index is 3.74. The van der Waals surface area contributed by atoms with Gasteiger partial charge in [-0.05, 0) is 6.92 Å². The van der Waals surface area contributed by atoms with Crippen LogP contribution in [-0.2, 0) is 4.79 Å². The third-order valence-corrected chi connectivity index (χ3v) is 1.33. The van der Waals surface area contributed by atoms with E-state index in [1.165, 1.54) is 0 Å². The third-order valence-electron chi connectivity index (χ3n) is 1.09. The zero-order valence-corrected chi connectivity index (χ0v) is 7.52. The molecule has 0 saturated heterocycles. The van der Waals surface area contributed by atoms with Gasteiger partial charge in [-0.2, -0.15) is 0 Å². The van der Waals surface area contributed by atoms with Gasteiger partial charge in [0, 0.05) is 6.04 Å². The van der Waals surface area contributed by atoms with Crippen LogP contribution in [0.15, 0.2) is 12.7 Å². The van der Waals surface area contributed by atoms with Crippen molar-refractivity contribution in [2.45, 2.75) is 13.0 Å². The van der Waals surface area contributed by atoms with Gasteiger partial charge in [0.2, 0.25) is 5.91 Å². The summed E-state index contributed by atoms with van der Waals surface area (Å²) in [5, 5.41) is 4.47. The van der Waals surface area contributed by atoms with Gasteiger partial charge in [-0.1, -0.05) is 6.08 Å². The monoisotopic (exact) mass is 190 g/mol. The summed E-state index contributed by atoms with van der Waals surface area (Å²) in [5.41, 5.74) is 0. The molecule has 1 unspecified atom stereocenters. The Kier molecular flexibility index (Phi) is 5.12. The van der Waals surface area contributed by atoms with Crippen molar-refractivity contribution < 1.29 is 9.59 Å². The molecule has 2 N–H and O–H groups in total. The summed E-state index contributed by atoms with van der Waals surface area (Å²) in [6.45, 7) is 5.19. The van der Waals surface area contributed by atoms with Crippen LogP contribution < -0.4 is 10.6 Å². The molecule has 0 aliphatic heterocycles. The van der Waals surface area contributed by atoms with E-state index in [1.807, 2.05) is 5.32 Å². The molecule has 0 rings (SSSR count). The number of imide groups is 1. The number of urea groups is 1. The second-order valence-corrected chi connectivity index (χ2v) is 2.45. The first-order chi connectivity index (χ1) is 5.60. The van der Waals surface area contributed by atoms with Crippen LogP contribution in [0.2, 0.25) is 0 Å². The van der Waals surface area contributed by atoms with Gasteiger partial charge in [0.25, 0.3) is 0 Å². The molecular weight excluding hydrogens is 180 g/mol. The van der Waals surface area contributed by atoms with Crippen molar-refractivity contribution in [3.8, 4) is 0 Å². The topological polar surface area (TPSA) is 58.2 Å². The van der Waals surface area contributed by atoms with Gasteiger partial charge in [0.05, 0.1) is 0 Å². The lowest BCUT2D eigenvalue weighted by molar-refractivity contribution is -0.117. The number of hydrogen-bond acceptors (Lipinski definition) is 2. The van der Waals surface area contributed by atoms with E-state index in [4.69, 9.17) is 11.6 Å². The lowest BCUT2D eigenvalue weighted by Gasteiger charge is -2.08. The summed E-state index contributed by atoms with van der Waals surface area (Å²) in [6.07, 6.45) is 1.55. The van der Waals surface area contributed by atoms with Gasteiger partial charge >= 0.3 is 6.03 Å². The molecule has 12 heavy (non-hydrogen) atoms. The van der Waals surface area contributed by atoms with Crippen LogP contribution in [0.25, 0.3) is 0 Å². The maximum absolute atomic E-state index is 10.8. The lowest BCUT2D eigenvalue weighted by atomic mass is 10.3. The molecule has 0 aromatic heterocycles. The first-order valence-electron chi connectivity index (χ1n) is 3.39. The molecule has 4 nitrogen and oxygen atoms in total. The summed E-state index contributed by atoms with van der Waals surface area (Å²) in [6, 6.07) is -0.735. The van der Waals surface area contributed by atoms with Crippen molar-refractivity contribution in [2.24, 2.45) is 0 Å². The minimum Gasteiger partial charge on any atom is -0.332 e. The normalized spacial score (nSPS) is 11.5. The van der Waals surface area contributed by atoms with Crippen LogP contribution in [-0.4, -0.2) is 23.9 Å². The highest BCUT2D eigenvalue weighted by molar-refractivity contribution is 6.28. The third kappa shape index (κ3) is 4.73. The van der Waals surface area contributed by atoms with E-state index < -0.39 is 11.9 Å². The number of carbonyl (C=O) groups is 2. The highest BCUT2D eigenvalue weighted by Gasteiger charge is 2.06. The average Bonchev–Trinajstić information content (AvgIpc) is 2.03. The fourth-order valence-corrected chi connectivity index (χ4v) is 0.529. The van der Waals surface area contributed by atoms with Crippen molar-refractivity contribution in [3.63, 3.8) is 0 Å². The SMILES string of the molecule is C=CC(C)NC(=O)NC(=O)CCl. The highest BCUT2D eigenvalue weighted by Crippen LogP contribution is 1.81. The molecule has 1 atom stereocenters. The van der Waals surface area contributed by atoms with E-state index in [0.29, 0.717) is 0 Å². The zero-order valence-electron chi connectivity index (χ0n) is 6.76. The van der Waals surface area contributed by atoms with E-state index in [0.717, 1.165) is 0 Å². The minimum atomic E-state index is -0.562. The Labute approximate surface area is 76.0 Å². The van der Waals surface area contributed by atoms with Crippen LogP contribution in [0.1, 0.15) is 6.92 Å². The Hall–Kier alpha value is -1.03. The summed E-state index contributed by atoms with van der Waals surface area (Å²) in [5.74, 6) is -0.749. The van der Waals surface area contributed by atoms with Gasteiger partial charge in [-0.3, -0.25) is 10.1 Å². The molecule has 0 aliphatic rings. The summed E-state index contributed by atoms with van der Waals surface area (Å²) < 4.78 is 0. The second-order valence-electron chi connectivity index (χ2n) is 2.18. The lowest BCUT2D eigenvalue weighted by Crippen LogP contribution is -2.43. The van der Waals surface area contributed by atoms with E-state index >= 15 is 0 Å². The van der Waals surface area contributed by atoms with E-state index in [-0.39, 0.29) is 11.9 Å². The molecular formula is C7H11ClN2O2. The molecule has 0 aromatic carbocycles. The van der Waals surface area contributed by atoms with Crippen molar-refractivity contribution >= 4 is 23.5 Å². The smallest absolute Gasteiger partial charge is 0.321 e. The van der Waals surface area contributed by atoms with Gasteiger partial charge in [0.1, 0.15) is 5.88 Å². The molecule has 0 heterocycles. The fraction of sp³-hybridized carbons (Fsp3) is 0.429. The molecule has 0 bridgehead atoms. The standard InChI is InChI=1S/C7H11ClN2O2/c1-3-5(2)9-7(12)10-6(11)4-8/h3,5H,1,4H2,2H3,(H2,9,10,11,12). The maximum atomic E-state index is 10.8. The minimum absolute atomic E-state index is 0.173. The van der Waals surface area contributed by atoms with Gasteiger partial charge in [-0.25, -0.2) is 4.79 Å². The van der Waals surface area contributed by atoms with Crippen molar-refractivity contribution in [1.82, 2.24) is 10.6 Å². The summed E-state index contributed by atoms with van der Waals surface area (Å²) >= 11 is 5.15. The number of halogens is 1. The van der Waals surface area contributed by atoms with Crippen LogP contribution >= 0.6 is 11.6 Å². The molecule has 0 radical (unpaired) electrons. The Morgan fingerprint density at radius 1 is 1.67 bits per heavy atom. The molecule has 3 amide bonds. The number of carbonyl (C=O) groups excluding carboxylic acids is 2. The molecule has 0 saturated carbocycles. The van der Waals surface area contributed by atoms with Crippen LogP contribution in [0.4, 0.5) is 4.79 Å².